The van der Waals surface area contributed by atoms with E-state index in [9.17, 15) is 26.4 Å². The molecule has 2 rings (SSSR count). The quantitative estimate of drug-likeness (QED) is 0.199. The van der Waals surface area contributed by atoms with Gasteiger partial charge in [0.05, 0.1) is 6.54 Å². The van der Waals surface area contributed by atoms with Crippen LogP contribution < -0.4 is 16.0 Å². The van der Waals surface area contributed by atoms with Gasteiger partial charge in [0.25, 0.3) is 5.91 Å². The number of hydrogen-bond acceptors (Lipinski definition) is 4. The normalized spacial score (nSPS) is 16.3. The highest BCUT2D eigenvalue weighted by Gasteiger charge is 2.50. The molecule has 0 atom stereocenters. The summed E-state index contributed by atoms with van der Waals surface area (Å²) in [7, 11) is -5.29. The van der Waals surface area contributed by atoms with Gasteiger partial charge in [-0.1, -0.05) is 18.2 Å². The SMILES string of the molecule is CCNC(=NCCNC(=O)c1ccccc1)NC1CCN(S(=O)(=O)C(F)(F)F)CC1.I. The minimum atomic E-state index is -5.29. The average Bonchev–Trinajstić information content (AvgIpc) is 2.71. The van der Waals surface area contributed by atoms with Crippen LogP contribution in [0.5, 0.6) is 0 Å². The van der Waals surface area contributed by atoms with Crippen LogP contribution in [-0.4, -0.2) is 68.9 Å². The maximum Gasteiger partial charge on any atom is 0.511 e. The molecule has 1 fully saturated rings. The molecule has 1 aromatic carbocycles. The van der Waals surface area contributed by atoms with Gasteiger partial charge in [0, 0.05) is 37.8 Å². The molecule has 0 aliphatic carbocycles. The fourth-order valence-electron chi connectivity index (χ4n) is 2.93. The van der Waals surface area contributed by atoms with E-state index in [2.05, 4.69) is 20.9 Å². The van der Waals surface area contributed by atoms with Crippen LogP contribution >= 0.6 is 24.0 Å². The summed E-state index contributed by atoms with van der Waals surface area (Å²) in [5, 5.41) is 8.90. The Kier molecular flexibility index (Phi) is 11.0. The van der Waals surface area contributed by atoms with Crippen molar-refractivity contribution in [2.24, 2.45) is 4.99 Å². The summed E-state index contributed by atoms with van der Waals surface area (Å²) in [5.41, 5.74) is -4.74. The molecule has 31 heavy (non-hydrogen) atoms. The van der Waals surface area contributed by atoms with Gasteiger partial charge in [0.15, 0.2) is 5.96 Å². The maximum atomic E-state index is 12.7. The van der Waals surface area contributed by atoms with Crippen LogP contribution in [0, 0.1) is 0 Å². The minimum Gasteiger partial charge on any atom is -0.357 e. The number of piperidine rings is 1. The van der Waals surface area contributed by atoms with Crippen molar-refractivity contribution in [3.8, 4) is 0 Å². The Labute approximate surface area is 197 Å². The standard InChI is InChI=1S/C18H26F3N5O3S.HI/c1-2-22-17(24-11-10-23-16(27)14-6-4-3-5-7-14)25-15-8-12-26(13-9-15)30(28,29)18(19,20)21;/h3-7,15H,2,8-13H2,1H3,(H,23,27)(H2,22,24,25);1H. The van der Waals surface area contributed by atoms with E-state index >= 15 is 0 Å². The first-order valence-electron chi connectivity index (χ1n) is 9.59. The number of halogens is 4. The lowest BCUT2D eigenvalue weighted by atomic mass is 10.1. The summed E-state index contributed by atoms with van der Waals surface area (Å²) in [5.74, 6) is 0.255. The molecule has 1 aromatic rings. The molecule has 1 heterocycles. The van der Waals surface area contributed by atoms with Crippen molar-refractivity contribution in [1.29, 1.82) is 0 Å². The molecule has 0 spiro atoms. The number of alkyl halides is 3. The molecule has 0 radical (unpaired) electrons. The highest BCUT2D eigenvalue weighted by Crippen LogP contribution is 2.28. The third-order valence-corrected chi connectivity index (χ3v) is 6.10. The molecule has 3 N–H and O–H groups in total. The number of guanidine groups is 1. The highest BCUT2D eigenvalue weighted by molar-refractivity contribution is 14.0. The Morgan fingerprint density at radius 2 is 1.77 bits per heavy atom. The largest absolute Gasteiger partial charge is 0.511 e. The van der Waals surface area contributed by atoms with Crippen LogP contribution in [0.2, 0.25) is 0 Å². The van der Waals surface area contributed by atoms with Gasteiger partial charge in [-0.2, -0.15) is 17.5 Å². The number of carbonyl (C=O) groups is 1. The average molecular weight is 577 g/mol. The second-order valence-electron chi connectivity index (χ2n) is 6.65. The Balaban J connectivity index is 0.00000480. The zero-order valence-electron chi connectivity index (χ0n) is 17.0. The van der Waals surface area contributed by atoms with Crippen LogP contribution in [0.1, 0.15) is 30.1 Å². The van der Waals surface area contributed by atoms with E-state index < -0.39 is 15.5 Å². The van der Waals surface area contributed by atoms with Crippen LogP contribution in [0.15, 0.2) is 35.3 Å². The van der Waals surface area contributed by atoms with Gasteiger partial charge in [-0.05, 0) is 31.9 Å². The Morgan fingerprint density at radius 1 is 1.16 bits per heavy atom. The van der Waals surface area contributed by atoms with Crippen molar-refractivity contribution < 1.29 is 26.4 Å². The molecule has 1 saturated heterocycles. The van der Waals surface area contributed by atoms with Gasteiger partial charge in [-0.15, -0.1) is 24.0 Å². The molecule has 0 unspecified atom stereocenters. The first kappa shape index (κ1) is 27.4. The third kappa shape index (κ3) is 8.11. The molecule has 0 bridgehead atoms. The summed E-state index contributed by atoms with van der Waals surface area (Å²) >= 11 is 0. The van der Waals surface area contributed by atoms with Crippen molar-refractivity contribution in [2.75, 3.05) is 32.7 Å². The van der Waals surface area contributed by atoms with E-state index in [1.54, 1.807) is 24.3 Å². The molecule has 1 aliphatic rings. The van der Waals surface area contributed by atoms with Gasteiger partial charge in [0.2, 0.25) is 0 Å². The second kappa shape index (κ2) is 12.4. The second-order valence-corrected chi connectivity index (χ2v) is 8.58. The lowest BCUT2D eigenvalue weighted by Gasteiger charge is -2.32. The van der Waals surface area contributed by atoms with Crippen LogP contribution in [0.3, 0.4) is 0 Å². The van der Waals surface area contributed by atoms with E-state index in [4.69, 9.17) is 0 Å². The predicted octanol–water partition coefficient (Wildman–Crippen LogP) is 1.90. The van der Waals surface area contributed by atoms with E-state index in [1.165, 1.54) is 0 Å². The molecule has 1 amide bonds. The van der Waals surface area contributed by atoms with Crippen LogP contribution in [-0.2, 0) is 10.0 Å². The van der Waals surface area contributed by atoms with Gasteiger partial charge in [0.1, 0.15) is 0 Å². The molecule has 1 aliphatic heterocycles. The zero-order chi connectivity index (χ0) is 22.2. The fraction of sp³-hybridized carbons (Fsp3) is 0.556. The predicted molar refractivity (Wildman–Crippen MR) is 123 cm³/mol. The van der Waals surface area contributed by atoms with E-state index in [1.807, 2.05) is 13.0 Å². The number of nitrogens with zero attached hydrogens (tertiary/aromatic N) is 2. The third-order valence-electron chi connectivity index (χ3n) is 4.47. The maximum absolute atomic E-state index is 12.7. The van der Waals surface area contributed by atoms with Crippen molar-refractivity contribution in [1.82, 2.24) is 20.3 Å². The van der Waals surface area contributed by atoms with Gasteiger partial charge in [-0.3, -0.25) is 9.79 Å². The smallest absolute Gasteiger partial charge is 0.357 e. The number of rotatable bonds is 7. The highest BCUT2D eigenvalue weighted by atomic mass is 127. The first-order valence-corrected chi connectivity index (χ1v) is 11.0. The number of hydrogen-bond donors (Lipinski definition) is 3. The number of sulfonamides is 1. The van der Waals surface area contributed by atoms with Crippen molar-refractivity contribution >= 4 is 45.9 Å². The van der Waals surface area contributed by atoms with E-state index in [0.717, 1.165) is 0 Å². The van der Waals surface area contributed by atoms with Crippen LogP contribution in [0.4, 0.5) is 13.2 Å². The molecule has 0 aromatic heterocycles. The molecule has 176 valence electrons. The lowest BCUT2D eigenvalue weighted by Crippen LogP contribution is -2.51. The molecule has 13 heteroatoms. The summed E-state index contributed by atoms with van der Waals surface area (Å²) < 4.78 is 61.4. The summed E-state index contributed by atoms with van der Waals surface area (Å²) in [4.78, 5) is 16.3. The van der Waals surface area contributed by atoms with Crippen LogP contribution in [0.25, 0.3) is 0 Å². The zero-order valence-corrected chi connectivity index (χ0v) is 20.1. The number of aliphatic imine (C=N–C) groups is 1. The Morgan fingerprint density at radius 3 is 2.32 bits per heavy atom. The number of nitrogens with one attached hydrogen (secondary N) is 3. The molecular formula is C18H27F3IN5O3S. The Hall–Kier alpha value is -1.61. The van der Waals surface area contributed by atoms with Crippen molar-refractivity contribution in [3.63, 3.8) is 0 Å². The summed E-state index contributed by atoms with van der Waals surface area (Å²) in [6, 6.07) is 8.56. The number of amides is 1. The summed E-state index contributed by atoms with van der Waals surface area (Å²) in [6.45, 7) is 2.62. The molecular weight excluding hydrogens is 550 g/mol. The summed E-state index contributed by atoms with van der Waals surface area (Å²) in [6.07, 6.45) is 0.453. The van der Waals surface area contributed by atoms with Gasteiger partial charge < -0.3 is 16.0 Å². The van der Waals surface area contributed by atoms with E-state index in [0.29, 0.717) is 35.5 Å². The monoisotopic (exact) mass is 577 g/mol. The molecule has 8 nitrogen and oxygen atoms in total. The topological polar surface area (TPSA) is 103 Å². The molecule has 0 saturated carbocycles. The fourth-order valence-corrected chi connectivity index (χ4v) is 3.91. The lowest BCUT2D eigenvalue weighted by molar-refractivity contribution is -0.0494. The van der Waals surface area contributed by atoms with Gasteiger partial charge >= 0.3 is 15.5 Å². The first-order chi connectivity index (χ1) is 14.1. The van der Waals surface area contributed by atoms with Crippen molar-refractivity contribution in [2.45, 2.75) is 31.3 Å². The van der Waals surface area contributed by atoms with Crippen molar-refractivity contribution in [3.05, 3.63) is 35.9 Å². The number of carbonyl (C=O) groups excluding carboxylic acids is 1. The van der Waals surface area contributed by atoms with Gasteiger partial charge in [-0.25, -0.2) is 8.42 Å². The minimum absolute atomic E-state index is 0. The number of benzene rings is 1. The van der Waals surface area contributed by atoms with E-state index in [-0.39, 0.29) is 61.9 Å². The Bertz CT molecular complexity index is 830.